The highest BCUT2D eigenvalue weighted by Crippen LogP contribution is 2.27. The quantitative estimate of drug-likeness (QED) is 0.429. The Kier molecular flexibility index (Phi) is 6.58. The third kappa shape index (κ3) is 5.06. The second kappa shape index (κ2) is 9.74. The normalized spacial score (nSPS) is 17.6. The molecule has 1 saturated carbocycles. The van der Waals surface area contributed by atoms with Gasteiger partial charge in [-0.15, -0.1) is 0 Å². The van der Waals surface area contributed by atoms with Crippen LogP contribution in [0.2, 0.25) is 0 Å². The third-order valence-corrected chi connectivity index (χ3v) is 5.73. The molecule has 1 aliphatic rings. The van der Waals surface area contributed by atoms with E-state index in [1.165, 1.54) is 0 Å². The molecular formula is C23H25FN8O2. The minimum Gasteiger partial charge on any atom is -0.465 e. The first-order chi connectivity index (χ1) is 16.3. The fourth-order valence-corrected chi connectivity index (χ4v) is 4.22. The number of nitrogens with zero attached hydrogens (tertiary/aromatic N) is 5. The number of nitriles is 1. The van der Waals surface area contributed by atoms with Crippen molar-refractivity contribution in [1.29, 1.82) is 5.26 Å². The van der Waals surface area contributed by atoms with Crippen molar-refractivity contribution < 1.29 is 14.3 Å². The predicted molar refractivity (Wildman–Crippen MR) is 124 cm³/mol. The topological polar surface area (TPSA) is 141 Å². The van der Waals surface area contributed by atoms with E-state index >= 15 is 0 Å². The molecule has 1 fully saturated rings. The highest BCUT2D eigenvalue weighted by Gasteiger charge is 2.28. The summed E-state index contributed by atoms with van der Waals surface area (Å²) in [6.07, 6.45) is 5.22. The highest BCUT2D eigenvalue weighted by molar-refractivity contribution is 5.67. The van der Waals surface area contributed by atoms with Crippen molar-refractivity contribution in [2.24, 2.45) is 0 Å². The number of carboxylic acid groups (broad SMARTS) is 1. The number of nitrogens with one attached hydrogen (secondary N) is 3. The molecule has 0 saturated heterocycles. The van der Waals surface area contributed by atoms with Crippen molar-refractivity contribution in [3.8, 4) is 11.8 Å². The Morgan fingerprint density at radius 2 is 1.94 bits per heavy atom. The molecule has 1 amide bonds. The van der Waals surface area contributed by atoms with E-state index in [1.807, 2.05) is 26.0 Å². The van der Waals surface area contributed by atoms with E-state index in [0.29, 0.717) is 18.5 Å². The second-order valence-corrected chi connectivity index (χ2v) is 8.31. The van der Waals surface area contributed by atoms with Crippen molar-refractivity contribution in [3.63, 3.8) is 0 Å². The minimum atomic E-state index is -1.12. The lowest BCUT2D eigenvalue weighted by Crippen LogP contribution is -2.48. The van der Waals surface area contributed by atoms with Crippen LogP contribution in [-0.2, 0) is 0 Å². The van der Waals surface area contributed by atoms with Crippen molar-refractivity contribution in [2.45, 2.75) is 51.6 Å². The van der Waals surface area contributed by atoms with Crippen LogP contribution in [0.15, 0.2) is 30.6 Å². The molecule has 10 nitrogen and oxygen atoms in total. The third-order valence-electron chi connectivity index (χ3n) is 5.73. The van der Waals surface area contributed by atoms with Crippen molar-refractivity contribution in [1.82, 2.24) is 25.1 Å². The Morgan fingerprint density at radius 3 is 2.62 bits per heavy atom. The van der Waals surface area contributed by atoms with E-state index in [2.05, 4.69) is 31.0 Å². The van der Waals surface area contributed by atoms with Crippen LogP contribution >= 0.6 is 0 Å². The van der Waals surface area contributed by atoms with Crippen LogP contribution in [0, 0.1) is 31.0 Å². The molecule has 3 aromatic rings. The van der Waals surface area contributed by atoms with Crippen molar-refractivity contribution >= 4 is 23.4 Å². The molecule has 0 aromatic carbocycles. The van der Waals surface area contributed by atoms with Crippen molar-refractivity contribution in [3.05, 3.63) is 53.4 Å². The largest absolute Gasteiger partial charge is 0.465 e. The van der Waals surface area contributed by atoms with Crippen LogP contribution in [0.3, 0.4) is 0 Å². The summed E-state index contributed by atoms with van der Waals surface area (Å²) < 4.78 is 16.5. The first-order valence-corrected chi connectivity index (χ1v) is 11.0. The van der Waals surface area contributed by atoms with Gasteiger partial charge in [-0.2, -0.15) is 10.4 Å². The molecule has 2 atom stereocenters. The van der Waals surface area contributed by atoms with E-state index in [-0.39, 0.29) is 29.3 Å². The average Bonchev–Trinajstić information content (AvgIpc) is 3.14. The van der Waals surface area contributed by atoms with Gasteiger partial charge in [0.05, 0.1) is 41.1 Å². The number of anilines is 3. The van der Waals surface area contributed by atoms with E-state index in [9.17, 15) is 14.4 Å². The Bertz CT molecular complexity index is 1250. The maximum Gasteiger partial charge on any atom is 0.404 e. The average molecular weight is 465 g/mol. The lowest BCUT2D eigenvalue weighted by atomic mass is 9.90. The van der Waals surface area contributed by atoms with Crippen LogP contribution in [-0.4, -0.2) is 43.0 Å². The maximum atomic E-state index is 14.8. The van der Waals surface area contributed by atoms with Gasteiger partial charge in [-0.1, -0.05) is 12.8 Å². The molecule has 0 spiro atoms. The number of rotatable bonds is 6. The number of hydrogen-bond donors (Lipinski definition) is 4. The number of pyridine rings is 2. The van der Waals surface area contributed by atoms with Gasteiger partial charge in [-0.3, -0.25) is 4.98 Å². The smallest absolute Gasteiger partial charge is 0.404 e. The number of amides is 1. The van der Waals surface area contributed by atoms with E-state index in [1.54, 1.807) is 23.1 Å². The first kappa shape index (κ1) is 23.0. The van der Waals surface area contributed by atoms with Gasteiger partial charge in [-0.25, -0.2) is 18.9 Å². The zero-order chi connectivity index (χ0) is 24.2. The minimum absolute atomic E-state index is 0.0309. The summed E-state index contributed by atoms with van der Waals surface area (Å²) in [6, 6.07) is 6.15. The summed E-state index contributed by atoms with van der Waals surface area (Å²) in [5.74, 6) is -0.568. The van der Waals surface area contributed by atoms with Crippen LogP contribution in [0.4, 0.5) is 26.5 Å². The van der Waals surface area contributed by atoms with E-state index in [0.717, 1.165) is 36.0 Å². The first-order valence-electron chi connectivity index (χ1n) is 11.0. The number of halogens is 1. The van der Waals surface area contributed by atoms with Gasteiger partial charge in [0.25, 0.3) is 0 Å². The highest BCUT2D eigenvalue weighted by atomic mass is 19.1. The van der Waals surface area contributed by atoms with Gasteiger partial charge < -0.3 is 21.1 Å². The number of carbonyl (C=O) groups is 1. The molecule has 34 heavy (non-hydrogen) atoms. The summed E-state index contributed by atoms with van der Waals surface area (Å²) in [7, 11) is 0. The number of hydrogen-bond acceptors (Lipinski definition) is 7. The molecule has 3 aromatic heterocycles. The molecule has 11 heteroatoms. The lowest BCUT2D eigenvalue weighted by molar-refractivity contribution is 0.184. The Labute approximate surface area is 195 Å². The van der Waals surface area contributed by atoms with Crippen LogP contribution < -0.4 is 16.0 Å². The second-order valence-electron chi connectivity index (χ2n) is 8.31. The molecule has 0 aliphatic heterocycles. The Hall–Kier alpha value is -4.20. The summed E-state index contributed by atoms with van der Waals surface area (Å²) in [6.45, 7) is 3.84. The molecule has 176 valence electrons. The molecule has 0 bridgehead atoms. The predicted octanol–water partition coefficient (Wildman–Crippen LogP) is 4.02. The van der Waals surface area contributed by atoms with Gasteiger partial charge in [0.2, 0.25) is 0 Å². The van der Waals surface area contributed by atoms with E-state index in [4.69, 9.17) is 5.11 Å². The summed E-state index contributed by atoms with van der Waals surface area (Å²) in [5.41, 5.74) is 3.12. The van der Waals surface area contributed by atoms with Crippen LogP contribution in [0.1, 0.15) is 42.6 Å². The monoisotopic (exact) mass is 464 g/mol. The van der Waals surface area contributed by atoms with Crippen molar-refractivity contribution in [2.75, 3.05) is 10.6 Å². The zero-order valence-corrected chi connectivity index (χ0v) is 18.8. The van der Waals surface area contributed by atoms with Gasteiger partial charge in [0.15, 0.2) is 17.5 Å². The fourth-order valence-electron chi connectivity index (χ4n) is 4.22. The van der Waals surface area contributed by atoms with Gasteiger partial charge in [0, 0.05) is 11.7 Å². The molecule has 0 radical (unpaired) electrons. The van der Waals surface area contributed by atoms with E-state index < -0.39 is 11.9 Å². The molecule has 0 unspecified atom stereocenters. The standard InChI is InChI=1S/C23H25FN8O2/c1-13-7-14(2)32(31-13)17-9-16(11-26-12-17)27-21-15(10-25)8-18(24)22(30-21)28-19-5-3-4-6-20(19)29-23(33)34/h7-9,11-12,19-20,29H,3-6H2,1-2H3,(H,33,34)(H2,27,28,30)/t19-,20+/m1/s1. The zero-order valence-electron chi connectivity index (χ0n) is 18.8. The van der Waals surface area contributed by atoms with Gasteiger partial charge in [-0.05, 0) is 44.9 Å². The summed E-state index contributed by atoms with van der Waals surface area (Å²) in [4.78, 5) is 19.7. The SMILES string of the molecule is Cc1cc(C)n(-c2cncc(Nc3nc(N[C@@H]4CCCC[C@@H]4NC(=O)O)c(F)cc3C#N)c2)n1. The number of aryl methyl sites for hydroxylation is 2. The molecular weight excluding hydrogens is 439 g/mol. The molecule has 4 rings (SSSR count). The van der Waals surface area contributed by atoms with Crippen LogP contribution in [0.5, 0.6) is 0 Å². The van der Waals surface area contributed by atoms with Crippen LogP contribution in [0.25, 0.3) is 5.69 Å². The molecule has 3 heterocycles. The fraction of sp³-hybridized carbons (Fsp3) is 0.348. The molecule has 4 N–H and O–H groups in total. The Balaban J connectivity index is 1.61. The lowest BCUT2D eigenvalue weighted by Gasteiger charge is -2.32. The molecule has 1 aliphatic carbocycles. The summed E-state index contributed by atoms with van der Waals surface area (Å²) in [5, 5.41) is 31.7. The van der Waals surface area contributed by atoms with Gasteiger partial charge in [0.1, 0.15) is 6.07 Å². The Morgan fingerprint density at radius 1 is 1.18 bits per heavy atom. The maximum absolute atomic E-state index is 14.8. The number of aromatic nitrogens is 4. The van der Waals surface area contributed by atoms with Gasteiger partial charge >= 0.3 is 6.09 Å². The summed E-state index contributed by atoms with van der Waals surface area (Å²) >= 11 is 0.